The van der Waals surface area contributed by atoms with Crippen LogP contribution in [0.5, 0.6) is 0 Å². The lowest BCUT2D eigenvalue weighted by Crippen LogP contribution is -2.36. The molecule has 1 atom stereocenters. The highest BCUT2D eigenvalue weighted by Crippen LogP contribution is 2.09. The predicted octanol–water partition coefficient (Wildman–Crippen LogP) is 0.0965. The number of rotatable bonds is 7. The summed E-state index contributed by atoms with van der Waals surface area (Å²) in [6, 6.07) is -0.520. The smallest absolute Gasteiger partial charge is 0.320 e. The van der Waals surface area contributed by atoms with E-state index < -0.39 is 12.0 Å². The Morgan fingerprint density at radius 2 is 1.83 bits per heavy atom. The molecule has 0 saturated heterocycles. The lowest BCUT2D eigenvalue weighted by Gasteiger charge is -2.20. The first kappa shape index (κ1) is 14.4. The van der Waals surface area contributed by atoms with Crippen molar-refractivity contribution in [3.05, 3.63) is 12.2 Å². The molecule has 0 bridgehead atoms. The second-order valence-electron chi connectivity index (χ2n) is 4.47. The number of imide groups is 1. The number of aliphatic carboxylic acids is 1. The normalized spacial score (nSPS) is 16.7. The van der Waals surface area contributed by atoms with Gasteiger partial charge in [-0.1, -0.05) is 0 Å². The molecule has 6 heteroatoms. The average Bonchev–Trinajstić information content (AvgIpc) is 2.58. The largest absolute Gasteiger partial charge is 0.480 e. The number of nitrogens with zero attached hydrogens (tertiary/aromatic N) is 2. The molecule has 100 valence electrons. The van der Waals surface area contributed by atoms with E-state index in [4.69, 9.17) is 5.11 Å². The number of carbonyl (C=O) groups excluding carboxylic acids is 2. The van der Waals surface area contributed by atoms with E-state index in [1.54, 1.807) is 19.0 Å². The maximum Gasteiger partial charge on any atom is 0.320 e. The number of hydrogen-bond donors (Lipinski definition) is 1. The van der Waals surface area contributed by atoms with Crippen molar-refractivity contribution in [3.63, 3.8) is 0 Å². The number of unbranched alkanes of at least 4 members (excludes halogenated alkanes) is 1. The van der Waals surface area contributed by atoms with Gasteiger partial charge in [-0.2, -0.15) is 0 Å². The Morgan fingerprint density at radius 3 is 2.28 bits per heavy atom. The van der Waals surface area contributed by atoms with Gasteiger partial charge in [0.1, 0.15) is 6.04 Å². The number of carboxylic acids is 1. The molecule has 1 aliphatic heterocycles. The molecule has 0 radical (unpaired) electrons. The lowest BCUT2D eigenvalue weighted by atomic mass is 10.1. The Labute approximate surface area is 106 Å². The molecular formula is C12H18N2O4. The van der Waals surface area contributed by atoms with E-state index in [0.717, 1.165) is 0 Å². The van der Waals surface area contributed by atoms with Gasteiger partial charge in [-0.15, -0.1) is 0 Å². The molecule has 0 aliphatic carbocycles. The second-order valence-corrected chi connectivity index (χ2v) is 4.47. The maximum atomic E-state index is 11.2. The summed E-state index contributed by atoms with van der Waals surface area (Å²) >= 11 is 0. The van der Waals surface area contributed by atoms with Gasteiger partial charge < -0.3 is 5.11 Å². The first-order valence-electron chi connectivity index (χ1n) is 5.86. The van der Waals surface area contributed by atoms with Gasteiger partial charge in [0, 0.05) is 18.7 Å². The van der Waals surface area contributed by atoms with Gasteiger partial charge in [-0.05, 0) is 33.4 Å². The van der Waals surface area contributed by atoms with Crippen LogP contribution in [0.3, 0.4) is 0 Å². The number of amides is 2. The highest BCUT2D eigenvalue weighted by Gasteiger charge is 2.23. The van der Waals surface area contributed by atoms with E-state index in [1.165, 1.54) is 17.1 Å². The monoisotopic (exact) mass is 254 g/mol. The quantitative estimate of drug-likeness (QED) is 0.515. The van der Waals surface area contributed by atoms with Crippen LogP contribution in [-0.4, -0.2) is 59.4 Å². The van der Waals surface area contributed by atoms with E-state index in [2.05, 4.69) is 0 Å². The highest BCUT2D eigenvalue weighted by molar-refractivity contribution is 6.12. The molecule has 0 aromatic rings. The zero-order chi connectivity index (χ0) is 13.7. The molecule has 1 aliphatic rings. The van der Waals surface area contributed by atoms with E-state index in [1.807, 2.05) is 0 Å². The van der Waals surface area contributed by atoms with Gasteiger partial charge >= 0.3 is 5.97 Å². The van der Waals surface area contributed by atoms with E-state index in [0.29, 0.717) is 25.8 Å². The van der Waals surface area contributed by atoms with Crippen molar-refractivity contribution in [2.24, 2.45) is 0 Å². The Morgan fingerprint density at radius 1 is 1.28 bits per heavy atom. The summed E-state index contributed by atoms with van der Waals surface area (Å²) in [7, 11) is 3.44. The van der Waals surface area contributed by atoms with Crippen LogP contribution < -0.4 is 0 Å². The van der Waals surface area contributed by atoms with Crippen LogP contribution >= 0.6 is 0 Å². The lowest BCUT2D eigenvalue weighted by molar-refractivity contribution is -0.143. The molecule has 1 N–H and O–H groups in total. The van der Waals surface area contributed by atoms with E-state index >= 15 is 0 Å². The van der Waals surface area contributed by atoms with Gasteiger partial charge in [0.2, 0.25) is 0 Å². The summed E-state index contributed by atoms with van der Waals surface area (Å²) in [5, 5.41) is 8.97. The summed E-state index contributed by atoms with van der Waals surface area (Å²) in [5.74, 6) is -1.43. The van der Waals surface area contributed by atoms with Crippen LogP contribution in [0, 0.1) is 0 Å². The molecular weight excluding hydrogens is 236 g/mol. The molecule has 2 amide bonds. The fourth-order valence-electron chi connectivity index (χ4n) is 1.86. The van der Waals surface area contributed by atoms with Crippen LogP contribution in [0.1, 0.15) is 19.3 Å². The summed E-state index contributed by atoms with van der Waals surface area (Å²) in [6.07, 6.45) is 4.29. The van der Waals surface area contributed by atoms with Crippen LogP contribution in [0.15, 0.2) is 12.2 Å². The first-order valence-corrected chi connectivity index (χ1v) is 5.86. The number of carbonyl (C=O) groups is 3. The van der Waals surface area contributed by atoms with Crippen molar-refractivity contribution in [2.75, 3.05) is 20.6 Å². The third kappa shape index (κ3) is 3.66. The van der Waals surface area contributed by atoms with Crippen molar-refractivity contribution in [1.29, 1.82) is 0 Å². The minimum absolute atomic E-state index is 0.289. The number of carboxylic acid groups (broad SMARTS) is 1. The van der Waals surface area contributed by atoms with Gasteiger partial charge in [0.05, 0.1) is 0 Å². The molecule has 0 aromatic heterocycles. The summed E-state index contributed by atoms with van der Waals surface area (Å²) in [4.78, 5) is 36.2. The number of likely N-dealkylation sites (N-methyl/N-ethyl adjacent to an activating group) is 1. The molecule has 18 heavy (non-hydrogen) atoms. The Kier molecular flexibility index (Phi) is 5.03. The molecule has 0 fully saturated rings. The van der Waals surface area contributed by atoms with E-state index in [-0.39, 0.29) is 11.8 Å². The predicted molar refractivity (Wildman–Crippen MR) is 64.8 cm³/mol. The summed E-state index contributed by atoms with van der Waals surface area (Å²) in [6.45, 7) is 0.352. The fraction of sp³-hybridized carbons (Fsp3) is 0.583. The van der Waals surface area contributed by atoms with Crippen LogP contribution in [0.2, 0.25) is 0 Å². The minimum Gasteiger partial charge on any atom is -0.480 e. The molecule has 1 rings (SSSR count). The summed E-state index contributed by atoms with van der Waals surface area (Å²) < 4.78 is 0. The molecule has 0 saturated carbocycles. The maximum absolute atomic E-state index is 11.2. The average molecular weight is 254 g/mol. The topological polar surface area (TPSA) is 77.9 Å². The standard InChI is InChI=1S/C12H18N2O4/c1-13(2)9(12(17)18)5-3-4-8-14-10(15)6-7-11(14)16/h6-7,9H,3-5,8H2,1-2H3,(H,17,18). The van der Waals surface area contributed by atoms with Crippen LogP contribution in [0.4, 0.5) is 0 Å². The van der Waals surface area contributed by atoms with Crippen LogP contribution in [0.25, 0.3) is 0 Å². The Bertz CT molecular complexity index is 358. The van der Waals surface area contributed by atoms with Gasteiger partial charge in [0.25, 0.3) is 11.8 Å². The van der Waals surface area contributed by atoms with Crippen molar-refractivity contribution in [3.8, 4) is 0 Å². The molecule has 1 unspecified atom stereocenters. The zero-order valence-electron chi connectivity index (χ0n) is 10.6. The van der Waals surface area contributed by atoms with Gasteiger partial charge in [0.15, 0.2) is 0 Å². The molecule has 0 spiro atoms. The zero-order valence-corrected chi connectivity index (χ0v) is 10.6. The van der Waals surface area contributed by atoms with Gasteiger partial charge in [-0.25, -0.2) is 0 Å². The number of hydrogen-bond acceptors (Lipinski definition) is 4. The van der Waals surface area contributed by atoms with Crippen LogP contribution in [-0.2, 0) is 14.4 Å². The molecule has 1 heterocycles. The van der Waals surface area contributed by atoms with E-state index in [9.17, 15) is 14.4 Å². The van der Waals surface area contributed by atoms with Gasteiger partial charge in [-0.3, -0.25) is 24.2 Å². The highest BCUT2D eigenvalue weighted by atomic mass is 16.4. The van der Waals surface area contributed by atoms with Crippen molar-refractivity contribution < 1.29 is 19.5 Å². The van der Waals surface area contributed by atoms with Crippen molar-refractivity contribution in [2.45, 2.75) is 25.3 Å². The third-order valence-corrected chi connectivity index (χ3v) is 2.92. The molecule has 6 nitrogen and oxygen atoms in total. The SMILES string of the molecule is CN(C)C(CCCCN1C(=O)C=CC1=O)C(=O)O. The Balaban J connectivity index is 2.28. The Hall–Kier alpha value is -1.69. The minimum atomic E-state index is -0.852. The first-order chi connectivity index (χ1) is 8.43. The third-order valence-electron chi connectivity index (χ3n) is 2.92. The summed E-state index contributed by atoms with van der Waals surface area (Å²) in [5.41, 5.74) is 0. The second kappa shape index (κ2) is 6.30. The van der Waals surface area contributed by atoms with Crippen molar-refractivity contribution in [1.82, 2.24) is 9.80 Å². The molecule has 0 aromatic carbocycles. The van der Waals surface area contributed by atoms with Crippen molar-refractivity contribution >= 4 is 17.8 Å². The fourth-order valence-corrected chi connectivity index (χ4v) is 1.86.